The van der Waals surface area contributed by atoms with E-state index in [2.05, 4.69) is 19.2 Å². The number of piperidine rings is 1. The van der Waals surface area contributed by atoms with Crippen LogP contribution in [-0.4, -0.2) is 31.9 Å². The molecule has 1 aromatic heterocycles. The predicted octanol–water partition coefficient (Wildman–Crippen LogP) is 2.81. The van der Waals surface area contributed by atoms with E-state index in [0.29, 0.717) is 23.3 Å². The van der Waals surface area contributed by atoms with Gasteiger partial charge >= 0.3 is 0 Å². The Balaban J connectivity index is 1.66. The molecule has 1 aliphatic heterocycles. The number of nitrogens with one attached hydrogen (secondary N) is 1. The number of sulfonamides is 1. The van der Waals surface area contributed by atoms with Crippen molar-refractivity contribution in [2.24, 2.45) is 5.41 Å². The average molecular weight is 329 g/mol. The van der Waals surface area contributed by atoms with Crippen LogP contribution in [0.15, 0.2) is 15.7 Å². The molecule has 21 heavy (non-hydrogen) atoms. The Kier molecular flexibility index (Phi) is 4.16. The van der Waals surface area contributed by atoms with Crippen LogP contribution in [-0.2, 0) is 16.6 Å². The maximum atomic E-state index is 12.7. The highest BCUT2D eigenvalue weighted by molar-refractivity contribution is 7.91. The fourth-order valence-electron chi connectivity index (χ4n) is 2.59. The summed E-state index contributed by atoms with van der Waals surface area (Å²) < 4.78 is 27.5. The summed E-state index contributed by atoms with van der Waals surface area (Å²) in [7, 11) is -3.29. The molecule has 1 aliphatic carbocycles. The lowest BCUT2D eigenvalue weighted by atomic mass is 9.83. The third-order valence-corrected chi connectivity index (χ3v) is 7.83. The topological polar surface area (TPSA) is 49.4 Å². The standard InChI is InChI=1S/C15H24N2O2S2/c1-15(2)5-7-17(8-6-15)21(18,19)14-9-12(11-20-14)10-16-13-3-4-13/h9,11,13,16H,3-8,10H2,1-2H3. The molecule has 0 amide bonds. The van der Waals surface area contributed by atoms with Crippen LogP contribution in [0.2, 0.25) is 0 Å². The summed E-state index contributed by atoms with van der Waals surface area (Å²) in [6, 6.07) is 2.49. The van der Waals surface area contributed by atoms with E-state index in [0.717, 1.165) is 24.9 Å². The van der Waals surface area contributed by atoms with Gasteiger partial charge in [-0.15, -0.1) is 11.3 Å². The van der Waals surface area contributed by atoms with E-state index in [1.165, 1.54) is 24.2 Å². The quantitative estimate of drug-likeness (QED) is 0.904. The summed E-state index contributed by atoms with van der Waals surface area (Å²) in [6.45, 7) is 6.49. The maximum absolute atomic E-state index is 12.7. The monoisotopic (exact) mass is 328 g/mol. The minimum Gasteiger partial charge on any atom is -0.310 e. The molecular formula is C15H24N2O2S2. The molecule has 3 rings (SSSR count). The summed E-state index contributed by atoms with van der Waals surface area (Å²) in [5.41, 5.74) is 1.35. The van der Waals surface area contributed by atoms with E-state index in [4.69, 9.17) is 0 Å². The second-order valence-electron chi connectivity index (χ2n) is 7.00. The highest BCUT2D eigenvalue weighted by Crippen LogP contribution is 2.33. The van der Waals surface area contributed by atoms with Crippen molar-refractivity contribution in [3.63, 3.8) is 0 Å². The molecule has 1 N–H and O–H groups in total. The number of hydrogen-bond donors (Lipinski definition) is 1. The van der Waals surface area contributed by atoms with E-state index in [1.807, 2.05) is 11.4 Å². The number of nitrogens with zero attached hydrogens (tertiary/aromatic N) is 1. The summed E-state index contributed by atoms with van der Waals surface area (Å²) in [6.07, 6.45) is 4.37. The van der Waals surface area contributed by atoms with Gasteiger partial charge < -0.3 is 5.32 Å². The Bertz CT molecular complexity index is 593. The number of hydrogen-bond acceptors (Lipinski definition) is 4. The van der Waals surface area contributed by atoms with Crippen LogP contribution in [0.4, 0.5) is 0 Å². The van der Waals surface area contributed by atoms with Crippen LogP contribution in [0.3, 0.4) is 0 Å². The van der Waals surface area contributed by atoms with Gasteiger partial charge in [-0.1, -0.05) is 13.8 Å². The first-order valence-corrected chi connectivity index (χ1v) is 10.00. The van der Waals surface area contributed by atoms with Crippen LogP contribution >= 0.6 is 11.3 Å². The van der Waals surface area contributed by atoms with E-state index < -0.39 is 10.0 Å². The second-order valence-corrected chi connectivity index (χ2v) is 10.1. The Morgan fingerprint density at radius 1 is 1.33 bits per heavy atom. The summed E-state index contributed by atoms with van der Waals surface area (Å²) in [4.78, 5) is 0. The Morgan fingerprint density at radius 2 is 2.00 bits per heavy atom. The van der Waals surface area contributed by atoms with Crippen LogP contribution in [0.25, 0.3) is 0 Å². The molecule has 1 aromatic rings. The average Bonchev–Trinajstić information content (AvgIpc) is 3.12. The highest BCUT2D eigenvalue weighted by Gasteiger charge is 2.33. The molecule has 0 radical (unpaired) electrons. The maximum Gasteiger partial charge on any atom is 0.252 e. The minimum atomic E-state index is -3.29. The van der Waals surface area contributed by atoms with Gasteiger partial charge in [0.05, 0.1) is 0 Å². The lowest BCUT2D eigenvalue weighted by molar-refractivity contribution is 0.196. The van der Waals surface area contributed by atoms with Gasteiger partial charge in [-0.3, -0.25) is 0 Å². The Hall–Kier alpha value is -0.430. The zero-order chi connectivity index (χ0) is 15.1. The normalized spacial score (nSPS) is 23.3. The van der Waals surface area contributed by atoms with Crippen molar-refractivity contribution in [2.75, 3.05) is 13.1 Å². The van der Waals surface area contributed by atoms with Crippen LogP contribution in [0.5, 0.6) is 0 Å². The van der Waals surface area contributed by atoms with Crippen LogP contribution in [0.1, 0.15) is 45.1 Å². The fourth-order valence-corrected chi connectivity index (χ4v) is 5.39. The molecule has 0 atom stereocenters. The molecule has 0 unspecified atom stereocenters. The third-order valence-electron chi connectivity index (χ3n) is 4.47. The molecule has 2 fully saturated rings. The molecule has 2 heterocycles. The SMILES string of the molecule is CC1(C)CCN(S(=O)(=O)c2cc(CNC3CC3)cs2)CC1. The van der Waals surface area contributed by atoms with Gasteiger partial charge in [0.25, 0.3) is 10.0 Å². The second kappa shape index (κ2) is 5.65. The van der Waals surface area contributed by atoms with Crippen molar-refractivity contribution in [1.29, 1.82) is 0 Å². The van der Waals surface area contributed by atoms with Gasteiger partial charge in [-0.2, -0.15) is 4.31 Å². The van der Waals surface area contributed by atoms with Crippen molar-refractivity contribution in [3.8, 4) is 0 Å². The lowest BCUT2D eigenvalue weighted by Gasteiger charge is -2.35. The van der Waals surface area contributed by atoms with E-state index in [1.54, 1.807) is 4.31 Å². The number of rotatable bonds is 5. The summed E-state index contributed by atoms with van der Waals surface area (Å²) in [5.74, 6) is 0. The fraction of sp³-hybridized carbons (Fsp3) is 0.733. The van der Waals surface area contributed by atoms with Gasteiger partial charge in [0, 0.05) is 25.7 Å². The molecule has 4 nitrogen and oxygen atoms in total. The largest absolute Gasteiger partial charge is 0.310 e. The zero-order valence-electron chi connectivity index (χ0n) is 12.8. The van der Waals surface area contributed by atoms with Gasteiger partial charge in [-0.05, 0) is 48.1 Å². The van der Waals surface area contributed by atoms with Crippen molar-refractivity contribution in [3.05, 3.63) is 17.0 Å². The van der Waals surface area contributed by atoms with Crippen molar-refractivity contribution in [2.45, 2.75) is 56.3 Å². The molecule has 0 spiro atoms. The molecule has 0 aromatic carbocycles. The van der Waals surface area contributed by atoms with E-state index in [9.17, 15) is 8.42 Å². The molecule has 6 heteroatoms. The van der Waals surface area contributed by atoms with E-state index >= 15 is 0 Å². The first-order chi connectivity index (χ1) is 9.87. The number of thiophene rings is 1. The first-order valence-electron chi connectivity index (χ1n) is 7.68. The Labute approximate surface area is 131 Å². The van der Waals surface area contributed by atoms with E-state index in [-0.39, 0.29) is 5.41 Å². The highest BCUT2D eigenvalue weighted by atomic mass is 32.2. The van der Waals surface area contributed by atoms with Gasteiger partial charge in [0.1, 0.15) is 4.21 Å². The third kappa shape index (κ3) is 3.67. The van der Waals surface area contributed by atoms with Crippen LogP contribution < -0.4 is 5.32 Å². The Morgan fingerprint density at radius 3 is 2.62 bits per heavy atom. The molecule has 118 valence electrons. The summed E-state index contributed by atoms with van der Waals surface area (Å²) in [5, 5.41) is 5.39. The van der Waals surface area contributed by atoms with Gasteiger partial charge in [0.2, 0.25) is 0 Å². The zero-order valence-corrected chi connectivity index (χ0v) is 14.4. The molecule has 1 saturated heterocycles. The summed E-state index contributed by atoms with van der Waals surface area (Å²) >= 11 is 1.35. The van der Waals surface area contributed by atoms with Crippen molar-refractivity contribution < 1.29 is 8.42 Å². The van der Waals surface area contributed by atoms with Crippen LogP contribution in [0, 0.1) is 5.41 Å². The van der Waals surface area contributed by atoms with Crippen molar-refractivity contribution in [1.82, 2.24) is 9.62 Å². The molecule has 1 saturated carbocycles. The molecular weight excluding hydrogens is 304 g/mol. The predicted molar refractivity (Wildman–Crippen MR) is 86.0 cm³/mol. The van der Waals surface area contributed by atoms with Crippen molar-refractivity contribution >= 4 is 21.4 Å². The smallest absolute Gasteiger partial charge is 0.252 e. The molecule has 0 bridgehead atoms. The van der Waals surface area contributed by atoms with Gasteiger partial charge in [0.15, 0.2) is 0 Å². The molecule has 2 aliphatic rings. The minimum absolute atomic E-state index is 0.265. The first kappa shape index (κ1) is 15.5. The lowest BCUT2D eigenvalue weighted by Crippen LogP contribution is -2.40. The van der Waals surface area contributed by atoms with Gasteiger partial charge in [-0.25, -0.2) is 8.42 Å².